The third-order valence-electron chi connectivity index (χ3n) is 8.76. The van der Waals surface area contributed by atoms with Gasteiger partial charge in [-0.15, -0.1) is 0 Å². The van der Waals surface area contributed by atoms with E-state index in [-0.39, 0.29) is 5.82 Å². The summed E-state index contributed by atoms with van der Waals surface area (Å²) in [7, 11) is 1.63. The van der Waals surface area contributed by atoms with Gasteiger partial charge in [0.25, 0.3) is 0 Å². The van der Waals surface area contributed by atoms with Crippen molar-refractivity contribution in [3.05, 3.63) is 286 Å². The van der Waals surface area contributed by atoms with Crippen molar-refractivity contribution in [3.63, 3.8) is 0 Å². The number of halogens is 4. The van der Waals surface area contributed by atoms with Crippen molar-refractivity contribution in [2.75, 3.05) is 7.11 Å². The highest BCUT2D eigenvalue weighted by molar-refractivity contribution is 5.81. The van der Waals surface area contributed by atoms with Gasteiger partial charge >= 0.3 is 6.18 Å². The van der Waals surface area contributed by atoms with E-state index in [4.69, 9.17) is 4.74 Å². The predicted molar refractivity (Wildman–Crippen MR) is 271 cm³/mol. The molecule has 0 atom stereocenters. The molecule has 70 heavy (non-hydrogen) atoms. The molecule has 9 nitrogen and oxygen atoms in total. The number of benzene rings is 3. The van der Waals surface area contributed by atoms with Crippen LogP contribution < -0.4 is 4.74 Å². The molecule has 8 aromatic heterocycles. The predicted octanol–water partition coefficient (Wildman–Crippen LogP) is 14.1. The van der Waals surface area contributed by atoms with Gasteiger partial charge in [0.05, 0.1) is 18.2 Å². The Morgan fingerprint density at radius 1 is 0.371 bits per heavy atom. The molecule has 0 unspecified atom stereocenters. The molecule has 11 rings (SSSR count). The molecule has 8 heterocycles. The van der Waals surface area contributed by atoms with Gasteiger partial charge in [-0.25, -0.2) is 4.39 Å². The molecule has 0 spiro atoms. The number of hydrogen-bond donors (Lipinski definition) is 0. The molecule has 0 N–H and O–H groups in total. The largest absolute Gasteiger partial charge is 0.497 e. The number of aromatic nitrogens is 8. The first kappa shape index (κ1) is 53.5. The zero-order valence-corrected chi connectivity index (χ0v) is 38.4. The zero-order valence-electron chi connectivity index (χ0n) is 38.4. The van der Waals surface area contributed by atoms with E-state index in [1.807, 2.05) is 147 Å². The van der Waals surface area contributed by atoms with Gasteiger partial charge in [0.2, 0.25) is 0 Å². The topological polar surface area (TPSA) is 112 Å². The summed E-state index contributed by atoms with van der Waals surface area (Å²) in [4.78, 5) is 30.7. The fourth-order valence-electron chi connectivity index (χ4n) is 5.33. The monoisotopic (exact) mass is 938 g/mol. The van der Waals surface area contributed by atoms with Crippen LogP contribution in [-0.4, -0.2) is 47.0 Å². The number of pyridine rings is 8. The summed E-state index contributed by atoms with van der Waals surface area (Å²) in [5.74, 6) is 0.606. The molecule has 0 aliphatic heterocycles. The Labute approximate surface area is 405 Å². The van der Waals surface area contributed by atoms with Gasteiger partial charge in [0, 0.05) is 98.3 Å². The van der Waals surface area contributed by atoms with E-state index in [0.29, 0.717) is 0 Å². The number of methoxy groups -OCH3 is 1. The number of ether oxygens (including phenoxy) is 1. The van der Waals surface area contributed by atoms with Gasteiger partial charge in [0.15, 0.2) is 0 Å². The first-order valence-corrected chi connectivity index (χ1v) is 21.4. The van der Waals surface area contributed by atoms with E-state index in [9.17, 15) is 17.6 Å². The van der Waals surface area contributed by atoms with E-state index >= 15 is 0 Å². The molecule has 0 aliphatic rings. The summed E-state index contributed by atoms with van der Waals surface area (Å²) in [6, 6.07) is 54.3. The standard InChI is InChI=1S/C11H9N.2C9H7N.C6H4F3N.C6H7NO.C6H7N.C5H4FN.C5H5N/c1-2-4-10(5-3-1)11-6-8-12-9-7-11;1-2-6-9-8(4-1)5-3-7-10-9;1-2-4-9-7-10-6-5-8(9)3-1;7-6(8,9)5-1-3-10-4-2-5;1-8-6-2-4-7-5-3-6;1-6-3-2-4-7-5-6;6-5-1-3-7-4-2-5;1-2-4-6-5-3-1/h1-9H;2*1-7H;1-4H;2-5H,1H3;2-5H,1H3;1-4H;1-5H. The smallest absolute Gasteiger partial charge is 0.416 e. The van der Waals surface area contributed by atoms with Crippen LogP contribution in [0.1, 0.15) is 11.1 Å². The first-order valence-electron chi connectivity index (χ1n) is 21.4. The lowest BCUT2D eigenvalue weighted by atomic mass is 10.1. The lowest BCUT2D eigenvalue weighted by molar-refractivity contribution is -0.137. The van der Waals surface area contributed by atoms with Crippen LogP contribution >= 0.6 is 0 Å². The summed E-state index contributed by atoms with van der Waals surface area (Å²) in [5.41, 5.74) is 4.06. The third-order valence-corrected chi connectivity index (χ3v) is 8.76. The van der Waals surface area contributed by atoms with Crippen molar-refractivity contribution in [2.24, 2.45) is 0 Å². The maximum atomic E-state index is 11.9. The lowest BCUT2D eigenvalue weighted by Gasteiger charge is -2.03. The molecular weight excluding hydrogens is 889 g/mol. The van der Waals surface area contributed by atoms with Crippen LogP contribution in [0, 0.1) is 12.7 Å². The number of fused-ring (bicyclic) bond motifs is 2. The molecular formula is C57H50F4N8O. The van der Waals surface area contributed by atoms with Gasteiger partial charge in [-0.1, -0.05) is 91.0 Å². The van der Waals surface area contributed by atoms with E-state index in [1.165, 1.54) is 57.4 Å². The first-order chi connectivity index (χ1) is 34.2. The quantitative estimate of drug-likeness (QED) is 0.156. The Morgan fingerprint density at radius 2 is 0.829 bits per heavy atom. The SMILES string of the molecule is COc1ccncc1.Cc1cccnc1.FC(F)(F)c1ccncc1.Fc1ccncc1.c1ccc(-c2ccncc2)cc1.c1ccc2cnccc2c1.c1ccc2ncccc2c1.c1ccncc1. The minimum atomic E-state index is -4.25. The average molecular weight is 939 g/mol. The Morgan fingerprint density at radius 3 is 1.29 bits per heavy atom. The van der Waals surface area contributed by atoms with Crippen LogP contribution in [0.3, 0.4) is 0 Å². The normalized spacial score (nSPS) is 9.57. The fraction of sp³-hybridized carbons (Fsp3) is 0.0526. The highest BCUT2D eigenvalue weighted by atomic mass is 19.4. The van der Waals surface area contributed by atoms with Crippen LogP contribution in [0.15, 0.2) is 269 Å². The Balaban J connectivity index is 0.000000176. The van der Waals surface area contributed by atoms with Crippen LogP contribution in [-0.2, 0) is 6.18 Å². The van der Waals surface area contributed by atoms with Crippen LogP contribution in [0.4, 0.5) is 17.6 Å². The number of nitrogens with zero attached hydrogens (tertiary/aromatic N) is 8. The molecule has 0 bridgehead atoms. The number of para-hydroxylation sites is 1. The zero-order chi connectivity index (χ0) is 49.8. The van der Waals surface area contributed by atoms with Gasteiger partial charge in [-0.05, 0) is 119 Å². The van der Waals surface area contributed by atoms with Gasteiger partial charge in [-0.3, -0.25) is 39.9 Å². The number of rotatable bonds is 2. The highest BCUT2D eigenvalue weighted by Gasteiger charge is 2.29. The third kappa shape index (κ3) is 22.9. The van der Waals surface area contributed by atoms with Crippen molar-refractivity contribution in [1.82, 2.24) is 39.9 Å². The molecule has 11 aromatic rings. The molecule has 0 fully saturated rings. The Hall–Kier alpha value is -9.10. The number of hydrogen-bond acceptors (Lipinski definition) is 9. The van der Waals surface area contributed by atoms with Crippen LogP contribution in [0.25, 0.3) is 32.8 Å². The number of alkyl halides is 3. The van der Waals surface area contributed by atoms with E-state index in [0.717, 1.165) is 35.8 Å². The molecule has 352 valence electrons. The molecule has 0 aliphatic carbocycles. The van der Waals surface area contributed by atoms with Crippen LogP contribution in [0.5, 0.6) is 5.75 Å². The van der Waals surface area contributed by atoms with Crippen molar-refractivity contribution in [1.29, 1.82) is 0 Å². The van der Waals surface area contributed by atoms with Gasteiger partial charge in [0.1, 0.15) is 11.6 Å². The second-order valence-corrected chi connectivity index (χ2v) is 13.9. The molecule has 13 heteroatoms. The molecule has 3 aromatic carbocycles. The highest BCUT2D eigenvalue weighted by Crippen LogP contribution is 2.28. The Bertz CT molecular complexity index is 2670. The van der Waals surface area contributed by atoms with Crippen molar-refractivity contribution >= 4 is 21.7 Å². The average Bonchev–Trinajstić information content (AvgIpc) is 3.44. The summed E-state index contributed by atoms with van der Waals surface area (Å²) in [6.45, 7) is 2.02. The van der Waals surface area contributed by atoms with E-state index in [1.54, 1.807) is 50.2 Å². The Kier molecular flexibility index (Phi) is 24.9. The maximum absolute atomic E-state index is 11.9. The molecule has 0 saturated carbocycles. The maximum Gasteiger partial charge on any atom is 0.416 e. The van der Waals surface area contributed by atoms with Crippen molar-refractivity contribution in [3.8, 4) is 16.9 Å². The summed E-state index contributed by atoms with van der Waals surface area (Å²) in [5, 5.41) is 3.65. The van der Waals surface area contributed by atoms with Gasteiger partial charge in [-0.2, -0.15) is 13.2 Å². The van der Waals surface area contributed by atoms with E-state index < -0.39 is 11.7 Å². The molecule has 0 amide bonds. The van der Waals surface area contributed by atoms with Crippen LogP contribution in [0.2, 0.25) is 0 Å². The summed E-state index contributed by atoms with van der Waals surface area (Å²) < 4.78 is 52.0. The molecule has 0 radical (unpaired) electrons. The minimum absolute atomic E-state index is 0.241. The van der Waals surface area contributed by atoms with Crippen molar-refractivity contribution < 1.29 is 22.3 Å². The van der Waals surface area contributed by atoms with E-state index in [2.05, 4.69) is 76.3 Å². The molecule has 0 saturated heterocycles. The summed E-state index contributed by atoms with van der Waals surface area (Å²) >= 11 is 0. The van der Waals surface area contributed by atoms with Gasteiger partial charge < -0.3 is 4.74 Å². The fourth-order valence-corrected chi connectivity index (χ4v) is 5.33. The van der Waals surface area contributed by atoms with Crippen molar-refractivity contribution in [2.45, 2.75) is 13.1 Å². The minimum Gasteiger partial charge on any atom is -0.497 e. The second-order valence-electron chi connectivity index (χ2n) is 13.9. The lowest BCUT2D eigenvalue weighted by Crippen LogP contribution is -2.03. The number of aryl methyl sites for hydroxylation is 1. The second kappa shape index (κ2) is 32.6. The summed E-state index contributed by atoms with van der Waals surface area (Å²) in [6.07, 6.45) is 20.4.